The summed E-state index contributed by atoms with van der Waals surface area (Å²) in [6.07, 6.45) is 4.15. The summed E-state index contributed by atoms with van der Waals surface area (Å²) >= 11 is 0. The Morgan fingerprint density at radius 3 is 2.26 bits per heavy atom. The summed E-state index contributed by atoms with van der Waals surface area (Å²) in [7, 11) is 1.44. The summed E-state index contributed by atoms with van der Waals surface area (Å²) in [4.78, 5) is 11.5. The summed E-state index contributed by atoms with van der Waals surface area (Å²) in [6.45, 7) is 8.20. The normalized spacial score (nSPS) is 29.9. The van der Waals surface area contributed by atoms with Crippen LogP contribution in [-0.2, 0) is 19.0 Å². The smallest absolute Gasteiger partial charge is 0.308 e. The van der Waals surface area contributed by atoms with Crippen molar-refractivity contribution in [3.63, 3.8) is 0 Å². The van der Waals surface area contributed by atoms with E-state index in [0.29, 0.717) is 6.42 Å². The van der Waals surface area contributed by atoms with Crippen molar-refractivity contribution in [2.24, 2.45) is 5.92 Å². The Bertz CT molecular complexity index is 379. The van der Waals surface area contributed by atoms with Crippen LogP contribution >= 0.6 is 0 Å². The molecule has 0 amide bonds. The maximum absolute atomic E-state index is 11.5. The van der Waals surface area contributed by atoms with E-state index in [1.807, 2.05) is 27.7 Å². The van der Waals surface area contributed by atoms with Crippen molar-refractivity contribution in [2.45, 2.75) is 64.4 Å². The first-order valence-electron chi connectivity index (χ1n) is 6.89. The van der Waals surface area contributed by atoms with Gasteiger partial charge in [0.05, 0.1) is 24.2 Å². The molecule has 1 aliphatic carbocycles. The molecule has 0 aromatic carbocycles. The van der Waals surface area contributed by atoms with Gasteiger partial charge in [0, 0.05) is 0 Å². The standard InChI is InChI=1S/C15H24O4/c1-14(2)15(3,4)19-13(18-14)11-8-6-10(7-9-11)12(16)17-5/h8,10,13H,6-7,9H2,1-5H3. The van der Waals surface area contributed by atoms with E-state index in [4.69, 9.17) is 14.2 Å². The number of allylic oxidation sites excluding steroid dienone is 1. The Kier molecular flexibility index (Phi) is 3.76. The molecule has 1 atom stereocenters. The lowest BCUT2D eigenvalue weighted by Crippen LogP contribution is -2.41. The molecule has 1 unspecified atom stereocenters. The SMILES string of the molecule is COC(=O)C1CC=C(C2OC(C)(C)C(C)(C)O2)CC1. The highest BCUT2D eigenvalue weighted by molar-refractivity contribution is 5.72. The fourth-order valence-corrected chi connectivity index (χ4v) is 2.44. The predicted octanol–water partition coefficient (Wildman–Crippen LogP) is 2.82. The molecule has 0 bridgehead atoms. The zero-order valence-corrected chi connectivity index (χ0v) is 12.5. The van der Waals surface area contributed by atoms with E-state index in [1.54, 1.807) is 0 Å². The summed E-state index contributed by atoms with van der Waals surface area (Å²) in [5.74, 6) is -0.139. The largest absolute Gasteiger partial charge is 0.469 e. The van der Waals surface area contributed by atoms with Crippen molar-refractivity contribution in [2.75, 3.05) is 7.11 Å². The van der Waals surface area contributed by atoms with Gasteiger partial charge in [-0.15, -0.1) is 0 Å². The highest BCUT2D eigenvalue weighted by Crippen LogP contribution is 2.42. The number of carbonyl (C=O) groups is 1. The molecule has 0 spiro atoms. The number of methoxy groups -OCH3 is 1. The predicted molar refractivity (Wildman–Crippen MR) is 71.6 cm³/mol. The summed E-state index contributed by atoms with van der Waals surface area (Å²) < 4.78 is 16.8. The number of hydrogen-bond donors (Lipinski definition) is 0. The Balaban J connectivity index is 2.03. The van der Waals surface area contributed by atoms with E-state index < -0.39 is 0 Å². The number of carbonyl (C=O) groups excluding carboxylic acids is 1. The first-order chi connectivity index (χ1) is 8.77. The maximum Gasteiger partial charge on any atom is 0.308 e. The first-order valence-corrected chi connectivity index (χ1v) is 6.89. The maximum atomic E-state index is 11.5. The molecule has 1 fully saturated rings. The second-order valence-corrected chi connectivity index (χ2v) is 6.36. The summed E-state index contributed by atoms with van der Waals surface area (Å²) in [6, 6.07) is 0. The Labute approximate surface area is 115 Å². The van der Waals surface area contributed by atoms with Gasteiger partial charge >= 0.3 is 5.97 Å². The fraction of sp³-hybridized carbons (Fsp3) is 0.800. The van der Waals surface area contributed by atoms with Crippen LogP contribution in [0.4, 0.5) is 0 Å². The second-order valence-electron chi connectivity index (χ2n) is 6.36. The average Bonchev–Trinajstić information content (AvgIpc) is 2.58. The summed E-state index contributed by atoms with van der Waals surface area (Å²) in [5, 5.41) is 0. The van der Waals surface area contributed by atoms with Crippen molar-refractivity contribution in [1.29, 1.82) is 0 Å². The minimum absolute atomic E-state index is 0.0174. The molecular weight excluding hydrogens is 244 g/mol. The minimum atomic E-state index is -0.308. The lowest BCUT2D eigenvalue weighted by molar-refractivity contribution is -0.145. The molecule has 0 saturated carbocycles. The lowest BCUT2D eigenvalue weighted by atomic mass is 9.89. The van der Waals surface area contributed by atoms with Crippen molar-refractivity contribution in [3.05, 3.63) is 11.6 Å². The van der Waals surface area contributed by atoms with Crippen LogP contribution in [0.2, 0.25) is 0 Å². The van der Waals surface area contributed by atoms with Crippen LogP contribution in [0.1, 0.15) is 47.0 Å². The monoisotopic (exact) mass is 268 g/mol. The Morgan fingerprint density at radius 2 is 1.84 bits per heavy atom. The van der Waals surface area contributed by atoms with Crippen LogP contribution in [-0.4, -0.2) is 30.6 Å². The van der Waals surface area contributed by atoms with Crippen molar-refractivity contribution in [3.8, 4) is 0 Å². The molecule has 0 aromatic rings. The van der Waals surface area contributed by atoms with Gasteiger partial charge in [0.15, 0.2) is 6.29 Å². The number of rotatable bonds is 2. The third kappa shape index (κ3) is 2.70. The zero-order chi connectivity index (χ0) is 14.3. The van der Waals surface area contributed by atoms with Gasteiger partial charge in [0.25, 0.3) is 0 Å². The number of hydrogen-bond acceptors (Lipinski definition) is 4. The zero-order valence-electron chi connectivity index (χ0n) is 12.5. The molecule has 4 nitrogen and oxygen atoms in total. The van der Waals surface area contributed by atoms with Gasteiger partial charge < -0.3 is 14.2 Å². The highest BCUT2D eigenvalue weighted by Gasteiger charge is 2.50. The van der Waals surface area contributed by atoms with Crippen LogP contribution in [0.15, 0.2) is 11.6 Å². The van der Waals surface area contributed by atoms with Crippen LogP contribution in [0.3, 0.4) is 0 Å². The van der Waals surface area contributed by atoms with E-state index in [0.717, 1.165) is 18.4 Å². The van der Waals surface area contributed by atoms with E-state index >= 15 is 0 Å². The molecule has 4 heteroatoms. The molecule has 19 heavy (non-hydrogen) atoms. The van der Waals surface area contributed by atoms with E-state index in [9.17, 15) is 4.79 Å². The third-order valence-electron chi connectivity index (χ3n) is 4.54. The van der Waals surface area contributed by atoms with Gasteiger partial charge in [0.2, 0.25) is 0 Å². The van der Waals surface area contributed by atoms with Gasteiger partial charge in [-0.05, 0) is 52.5 Å². The lowest BCUT2D eigenvalue weighted by Gasteiger charge is -2.30. The van der Waals surface area contributed by atoms with Gasteiger partial charge in [-0.3, -0.25) is 4.79 Å². The first kappa shape index (κ1) is 14.5. The van der Waals surface area contributed by atoms with E-state index in [-0.39, 0.29) is 29.4 Å². The molecule has 0 N–H and O–H groups in total. The van der Waals surface area contributed by atoms with Crippen LogP contribution in [0, 0.1) is 5.92 Å². The second kappa shape index (κ2) is 4.91. The van der Waals surface area contributed by atoms with Gasteiger partial charge in [0.1, 0.15) is 0 Å². The fourth-order valence-electron chi connectivity index (χ4n) is 2.44. The molecule has 0 aromatic heterocycles. The molecule has 0 radical (unpaired) electrons. The molecule has 2 aliphatic rings. The molecule has 108 valence electrons. The Hall–Kier alpha value is -0.870. The van der Waals surface area contributed by atoms with E-state index in [1.165, 1.54) is 7.11 Å². The molecule has 1 heterocycles. The number of ether oxygens (including phenoxy) is 3. The van der Waals surface area contributed by atoms with Gasteiger partial charge in [-0.25, -0.2) is 0 Å². The van der Waals surface area contributed by atoms with Gasteiger partial charge in [-0.2, -0.15) is 0 Å². The third-order valence-corrected chi connectivity index (χ3v) is 4.54. The molecule has 1 saturated heterocycles. The van der Waals surface area contributed by atoms with Crippen molar-refractivity contribution in [1.82, 2.24) is 0 Å². The molecule has 2 rings (SSSR count). The topological polar surface area (TPSA) is 44.8 Å². The quantitative estimate of drug-likeness (QED) is 0.570. The summed E-state index contributed by atoms with van der Waals surface area (Å²) in [5.41, 5.74) is 0.536. The van der Waals surface area contributed by atoms with Gasteiger partial charge in [-0.1, -0.05) is 6.08 Å². The Morgan fingerprint density at radius 1 is 1.26 bits per heavy atom. The van der Waals surface area contributed by atoms with E-state index in [2.05, 4.69) is 6.08 Å². The number of esters is 1. The minimum Gasteiger partial charge on any atom is -0.469 e. The highest BCUT2D eigenvalue weighted by atomic mass is 16.7. The van der Waals surface area contributed by atoms with Crippen molar-refractivity contribution >= 4 is 5.97 Å². The van der Waals surface area contributed by atoms with Crippen LogP contribution < -0.4 is 0 Å². The van der Waals surface area contributed by atoms with Crippen LogP contribution in [0.5, 0.6) is 0 Å². The van der Waals surface area contributed by atoms with Crippen LogP contribution in [0.25, 0.3) is 0 Å². The molecular formula is C15H24O4. The molecule has 1 aliphatic heterocycles. The van der Waals surface area contributed by atoms with Crippen molar-refractivity contribution < 1.29 is 19.0 Å². The average molecular weight is 268 g/mol.